The number of fused-ring (bicyclic) bond motifs is 2. The normalized spacial score (nSPS) is 23.0. The van der Waals surface area contributed by atoms with E-state index in [-0.39, 0.29) is 19.0 Å². The zero-order chi connectivity index (χ0) is 24.1. The van der Waals surface area contributed by atoms with E-state index in [2.05, 4.69) is 9.47 Å². The van der Waals surface area contributed by atoms with Crippen LogP contribution >= 0.6 is 0 Å². The Labute approximate surface area is 197 Å². The van der Waals surface area contributed by atoms with Crippen LogP contribution in [-0.4, -0.2) is 58.7 Å². The molecule has 182 valence electrons. The predicted molar refractivity (Wildman–Crippen MR) is 123 cm³/mol. The Morgan fingerprint density at radius 1 is 1.03 bits per heavy atom. The average Bonchev–Trinajstić information content (AvgIpc) is 3.07. The van der Waals surface area contributed by atoms with Crippen molar-refractivity contribution in [3.8, 4) is 0 Å². The van der Waals surface area contributed by atoms with Crippen molar-refractivity contribution in [2.75, 3.05) is 25.4 Å². The molecule has 2 aromatic carbocycles. The lowest BCUT2D eigenvalue weighted by Crippen LogP contribution is -2.39. The minimum Gasteiger partial charge on any atom is -0.330 e. The molecule has 5 rings (SSSR count). The van der Waals surface area contributed by atoms with E-state index in [1.165, 1.54) is 0 Å². The molecule has 6 nitrogen and oxygen atoms in total. The highest BCUT2D eigenvalue weighted by Crippen LogP contribution is 2.52. The molecule has 1 aliphatic carbocycles. The zero-order valence-corrected chi connectivity index (χ0v) is 19.6. The van der Waals surface area contributed by atoms with Crippen LogP contribution in [0.1, 0.15) is 11.4 Å². The van der Waals surface area contributed by atoms with Crippen molar-refractivity contribution < 1.29 is 21.6 Å². The van der Waals surface area contributed by atoms with Crippen molar-refractivity contribution in [2.24, 2.45) is 24.8 Å². The molecule has 1 aromatic heterocycles. The second-order valence-electron chi connectivity index (χ2n) is 9.41. The van der Waals surface area contributed by atoms with Crippen LogP contribution in [0.3, 0.4) is 0 Å². The van der Waals surface area contributed by atoms with E-state index >= 15 is 0 Å². The van der Waals surface area contributed by atoms with Crippen LogP contribution in [0.25, 0.3) is 11.0 Å². The predicted octanol–water partition coefficient (Wildman–Crippen LogP) is 3.65. The molecular formula is C24H27F3N4O2S. The monoisotopic (exact) mass is 492 g/mol. The van der Waals surface area contributed by atoms with Crippen molar-refractivity contribution >= 4 is 21.1 Å². The van der Waals surface area contributed by atoms with E-state index in [1.54, 1.807) is 30.3 Å². The fraction of sp³-hybridized carbons (Fsp3) is 0.458. The highest BCUT2D eigenvalue weighted by molar-refractivity contribution is 7.89. The third-order valence-corrected chi connectivity index (χ3v) is 8.80. The Morgan fingerprint density at radius 3 is 2.32 bits per heavy atom. The SMILES string of the molecule is Cn1c(CN2CC3C(C2)C3CN(Cc2ccccc2)S(=O)(=O)CC(F)(F)F)nc2ccccc21. The van der Waals surface area contributed by atoms with E-state index in [1.807, 2.05) is 31.3 Å². The largest absolute Gasteiger partial charge is 0.404 e. The van der Waals surface area contributed by atoms with Crippen molar-refractivity contribution in [1.29, 1.82) is 0 Å². The third-order valence-electron chi connectivity index (χ3n) is 7.05. The van der Waals surface area contributed by atoms with Crippen LogP contribution in [0, 0.1) is 17.8 Å². The van der Waals surface area contributed by atoms with E-state index in [0.29, 0.717) is 23.9 Å². The molecule has 10 heteroatoms. The van der Waals surface area contributed by atoms with Crippen molar-refractivity contribution in [2.45, 2.75) is 19.3 Å². The summed E-state index contributed by atoms with van der Waals surface area (Å²) in [6.07, 6.45) is -4.77. The molecule has 0 spiro atoms. The van der Waals surface area contributed by atoms with Gasteiger partial charge in [0.2, 0.25) is 10.0 Å². The summed E-state index contributed by atoms with van der Waals surface area (Å²) in [7, 11) is -2.47. The lowest BCUT2D eigenvalue weighted by Gasteiger charge is -2.25. The molecule has 2 fully saturated rings. The summed E-state index contributed by atoms with van der Waals surface area (Å²) >= 11 is 0. The van der Waals surface area contributed by atoms with Gasteiger partial charge in [0.05, 0.1) is 17.6 Å². The van der Waals surface area contributed by atoms with Crippen LogP contribution in [0.15, 0.2) is 54.6 Å². The molecule has 0 bridgehead atoms. The van der Waals surface area contributed by atoms with Gasteiger partial charge in [-0.15, -0.1) is 0 Å². The second kappa shape index (κ2) is 8.66. The summed E-state index contributed by atoms with van der Waals surface area (Å²) < 4.78 is 67.4. The smallest absolute Gasteiger partial charge is 0.330 e. The number of halogens is 3. The van der Waals surface area contributed by atoms with Gasteiger partial charge in [0.15, 0.2) is 5.75 Å². The molecule has 1 saturated carbocycles. The number of aryl methyl sites for hydroxylation is 1. The molecule has 1 aliphatic heterocycles. The number of piperidine rings is 1. The van der Waals surface area contributed by atoms with Gasteiger partial charge in [-0.3, -0.25) is 4.90 Å². The fourth-order valence-corrected chi connectivity index (χ4v) is 6.61. The van der Waals surface area contributed by atoms with Crippen LogP contribution < -0.4 is 0 Å². The minimum absolute atomic E-state index is 0.0429. The molecule has 3 aromatic rings. The average molecular weight is 493 g/mol. The Kier molecular flexibility index (Phi) is 5.94. The molecule has 0 N–H and O–H groups in total. The minimum atomic E-state index is -4.77. The third kappa shape index (κ3) is 4.85. The number of aromatic nitrogens is 2. The van der Waals surface area contributed by atoms with Crippen molar-refractivity contribution in [3.63, 3.8) is 0 Å². The van der Waals surface area contributed by atoms with Crippen molar-refractivity contribution in [1.82, 2.24) is 18.8 Å². The Morgan fingerprint density at radius 2 is 1.68 bits per heavy atom. The zero-order valence-electron chi connectivity index (χ0n) is 18.8. The van der Waals surface area contributed by atoms with Crippen LogP contribution in [0.2, 0.25) is 0 Å². The molecule has 2 aliphatic rings. The van der Waals surface area contributed by atoms with Crippen LogP contribution in [0.5, 0.6) is 0 Å². The number of nitrogens with zero attached hydrogens (tertiary/aromatic N) is 4. The van der Waals surface area contributed by atoms with Gasteiger partial charge in [0.1, 0.15) is 5.82 Å². The van der Waals surface area contributed by atoms with Crippen LogP contribution in [0.4, 0.5) is 13.2 Å². The topological polar surface area (TPSA) is 58.4 Å². The molecule has 2 heterocycles. The maximum atomic E-state index is 13.0. The van der Waals surface area contributed by atoms with Crippen LogP contribution in [-0.2, 0) is 30.2 Å². The number of hydrogen-bond donors (Lipinski definition) is 0. The lowest BCUT2D eigenvalue weighted by atomic mass is 10.2. The van der Waals surface area contributed by atoms with Gasteiger partial charge >= 0.3 is 6.18 Å². The van der Waals surface area contributed by atoms with Gasteiger partial charge in [-0.1, -0.05) is 42.5 Å². The van der Waals surface area contributed by atoms with Gasteiger partial charge in [-0.05, 0) is 35.4 Å². The summed E-state index contributed by atoms with van der Waals surface area (Å²) in [5.74, 6) is -0.169. The molecule has 34 heavy (non-hydrogen) atoms. The number of hydrogen-bond acceptors (Lipinski definition) is 4. The molecule has 0 amide bonds. The van der Waals surface area contributed by atoms with E-state index in [4.69, 9.17) is 4.98 Å². The summed E-state index contributed by atoms with van der Waals surface area (Å²) in [6.45, 7) is 2.39. The quantitative estimate of drug-likeness (QED) is 0.482. The highest BCUT2D eigenvalue weighted by atomic mass is 32.2. The molecular weight excluding hydrogens is 465 g/mol. The Bertz CT molecular complexity index is 1260. The number of benzene rings is 2. The standard InChI is InChI=1S/C24H27F3N4O2S/c1-29-22-10-6-5-9-21(22)28-23(29)15-30-12-18-19(13-30)20(18)14-31(11-17-7-3-2-4-8-17)34(32,33)16-24(25,26)27/h2-10,18-20H,11-16H2,1H3. The summed E-state index contributed by atoms with van der Waals surface area (Å²) in [5.41, 5.74) is 2.71. The highest BCUT2D eigenvalue weighted by Gasteiger charge is 2.56. The van der Waals surface area contributed by atoms with E-state index < -0.39 is 22.0 Å². The Balaban J connectivity index is 1.24. The first kappa shape index (κ1) is 23.3. The first-order chi connectivity index (χ1) is 16.1. The number of likely N-dealkylation sites (tertiary alicyclic amines) is 1. The number of rotatable bonds is 8. The number of sulfonamides is 1. The molecule has 2 atom stereocenters. The lowest BCUT2D eigenvalue weighted by molar-refractivity contribution is -0.107. The van der Waals surface area contributed by atoms with Gasteiger partial charge in [0.25, 0.3) is 0 Å². The molecule has 2 unspecified atom stereocenters. The first-order valence-electron chi connectivity index (χ1n) is 11.3. The fourth-order valence-electron chi connectivity index (χ4n) is 5.27. The first-order valence-corrected chi connectivity index (χ1v) is 12.9. The van der Waals surface area contributed by atoms with E-state index in [0.717, 1.165) is 34.3 Å². The number of para-hydroxylation sites is 2. The second-order valence-corrected chi connectivity index (χ2v) is 11.4. The molecule has 0 radical (unpaired) electrons. The maximum Gasteiger partial charge on any atom is 0.404 e. The molecule has 1 saturated heterocycles. The number of imidazole rings is 1. The van der Waals surface area contributed by atoms with E-state index in [9.17, 15) is 21.6 Å². The van der Waals surface area contributed by atoms with Gasteiger partial charge in [0, 0.05) is 33.2 Å². The number of alkyl halides is 3. The maximum absolute atomic E-state index is 13.0. The van der Waals surface area contributed by atoms with Crippen molar-refractivity contribution in [3.05, 3.63) is 66.0 Å². The van der Waals surface area contributed by atoms with Gasteiger partial charge < -0.3 is 4.57 Å². The Hall–Kier alpha value is -2.43. The van der Waals surface area contributed by atoms with Gasteiger partial charge in [-0.2, -0.15) is 17.5 Å². The summed E-state index contributed by atoms with van der Waals surface area (Å²) in [5, 5.41) is 0. The summed E-state index contributed by atoms with van der Waals surface area (Å²) in [6, 6.07) is 16.8. The summed E-state index contributed by atoms with van der Waals surface area (Å²) in [4.78, 5) is 7.03. The van der Waals surface area contributed by atoms with Gasteiger partial charge in [-0.25, -0.2) is 13.4 Å².